The predicted molar refractivity (Wildman–Crippen MR) is 106 cm³/mol. The van der Waals surface area contributed by atoms with E-state index in [1.165, 1.54) is 12.1 Å². The maximum Gasteiger partial charge on any atom is 0.242 e. The van der Waals surface area contributed by atoms with Crippen molar-refractivity contribution < 1.29 is 18.0 Å². The zero-order valence-corrected chi connectivity index (χ0v) is 16.9. The Kier molecular flexibility index (Phi) is 6.88. The molecule has 150 valence electrons. The van der Waals surface area contributed by atoms with Crippen LogP contribution in [-0.2, 0) is 16.8 Å². The Morgan fingerprint density at radius 3 is 2.39 bits per heavy atom. The topological polar surface area (TPSA) is 32.7 Å². The van der Waals surface area contributed by atoms with Crippen LogP contribution in [0.15, 0.2) is 41.4 Å². The zero-order chi connectivity index (χ0) is 21.1. The highest BCUT2D eigenvalue weighted by atomic mass is 35.5. The number of nitrogens with zero attached hydrogens (tertiary/aromatic N) is 2. The average molecular weight is 411 g/mol. The maximum absolute atomic E-state index is 14.1. The van der Waals surface area contributed by atoms with Crippen LogP contribution in [-0.4, -0.2) is 37.5 Å². The number of hydrogen-bond donors (Lipinski definition) is 0. The van der Waals surface area contributed by atoms with Crippen LogP contribution in [0, 0.1) is 12.7 Å². The van der Waals surface area contributed by atoms with Gasteiger partial charge in [-0.1, -0.05) is 29.8 Å². The Hall–Kier alpha value is -2.34. The molecule has 0 aliphatic heterocycles. The molecule has 0 aliphatic rings. The molecule has 0 fully saturated rings. The number of aliphatic imine (C=N–C) groups is 1. The van der Waals surface area contributed by atoms with Crippen LogP contribution >= 0.6 is 11.6 Å². The zero-order valence-electron chi connectivity index (χ0n) is 16.1. The van der Waals surface area contributed by atoms with Crippen molar-refractivity contribution in [2.24, 2.45) is 4.99 Å². The lowest BCUT2D eigenvalue weighted by Gasteiger charge is -2.28. The van der Waals surface area contributed by atoms with Crippen LogP contribution in [0.25, 0.3) is 0 Å². The fraction of sp³-hybridized carbons (Fsp3) is 0.333. The summed E-state index contributed by atoms with van der Waals surface area (Å²) in [6.45, 7) is 3.41. The highest BCUT2D eigenvalue weighted by Gasteiger charge is 2.35. The SMILES string of the molecule is C/C(=N/C(C=O)(c1cc(F)cc(Cl)c1)c1ccc(CC(F)F)c(C)c1)N(C)C. The molecule has 0 saturated carbocycles. The van der Waals surface area contributed by atoms with E-state index in [-0.39, 0.29) is 17.0 Å². The van der Waals surface area contributed by atoms with Gasteiger partial charge in [0.15, 0.2) is 11.8 Å². The smallest absolute Gasteiger partial charge is 0.242 e. The molecule has 0 N–H and O–H groups in total. The molecule has 0 heterocycles. The number of aldehydes is 1. The van der Waals surface area contributed by atoms with Gasteiger partial charge in [-0.3, -0.25) is 4.79 Å². The minimum absolute atomic E-state index is 0.130. The van der Waals surface area contributed by atoms with Crippen LogP contribution in [0.4, 0.5) is 13.2 Å². The van der Waals surface area contributed by atoms with E-state index >= 15 is 0 Å². The molecule has 0 bridgehead atoms. The van der Waals surface area contributed by atoms with Crippen molar-refractivity contribution in [3.8, 4) is 0 Å². The van der Waals surface area contributed by atoms with E-state index in [9.17, 15) is 18.0 Å². The minimum Gasteiger partial charge on any atom is -0.367 e. The lowest BCUT2D eigenvalue weighted by atomic mass is 9.83. The Labute approximate surface area is 167 Å². The van der Waals surface area contributed by atoms with Crippen LogP contribution in [0.1, 0.15) is 29.2 Å². The Morgan fingerprint density at radius 1 is 1.21 bits per heavy atom. The van der Waals surface area contributed by atoms with Gasteiger partial charge in [-0.2, -0.15) is 0 Å². The second-order valence-corrected chi connectivity index (χ2v) is 7.27. The number of aryl methyl sites for hydroxylation is 1. The highest BCUT2D eigenvalue weighted by molar-refractivity contribution is 6.30. The third-order valence-corrected chi connectivity index (χ3v) is 4.83. The van der Waals surface area contributed by atoms with Crippen molar-refractivity contribution in [3.63, 3.8) is 0 Å². The number of halogens is 4. The van der Waals surface area contributed by atoms with E-state index in [1.807, 2.05) is 0 Å². The van der Waals surface area contributed by atoms with Crippen LogP contribution in [0.2, 0.25) is 5.02 Å². The summed E-state index contributed by atoms with van der Waals surface area (Å²) in [6.07, 6.45) is -2.24. The molecule has 0 radical (unpaired) electrons. The molecule has 1 unspecified atom stereocenters. The van der Waals surface area contributed by atoms with E-state index < -0.39 is 17.8 Å². The number of carbonyl (C=O) groups excluding carboxylic acids is 1. The molecule has 0 aliphatic carbocycles. The number of hydrogen-bond acceptors (Lipinski definition) is 2. The van der Waals surface area contributed by atoms with Gasteiger partial charge in [-0.05, 0) is 54.3 Å². The first kappa shape index (κ1) is 22.0. The van der Waals surface area contributed by atoms with E-state index in [4.69, 9.17) is 11.6 Å². The predicted octanol–water partition coefficient (Wildman–Crippen LogP) is 5.02. The van der Waals surface area contributed by atoms with Crippen LogP contribution in [0.5, 0.6) is 0 Å². The number of rotatable bonds is 6. The number of alkyl halides is 2. The summed E-state index contributed by atoms with van der Waals surface area (Å²) in [6, 6.07) is 8.58. The van der Waals surface area contributed by atoms with E-state index in [2.05, 4.69) is 4.99 Å². The lowest BCUT2D eigenvalue weighted by molar-refractivity contribution is -0.111. The quantitative estimate of drug-likeness (QED) is 0.380. The molecular weight excluding hydrogens is 389 g/mol. The van der Waals surface area contributed by atoms with Gasteiger partial charge >= 0.3 is 0 Å². The fourth-order valence-electron chi connectivity index (χ4n) is 2.92. The van der Waals surface area contributed by atoms with Gasteiger partial charge < -0.3 is 4.90 Å². The molecular formula is C21H22ClF3N2O. The summed E-state index contributed by atoms with van der Waals surface area (Å²) in [5.74, 6) is -0.0701. The van der Waals surface area contributed by atoms with Crippen LogP contribution < -0.4 is 0 Å². The molecule has 28 heavy (non-hydrogen) atoms. The standard InChI is InChI=1S/C21H22ClF3N2O/c1-13-7-16(6-5-15(13)8-20(24)25)21(12-28,26-14(2)27(3)4)17-9-18(22)11-19(23)10-17/h5-7,9-12,20H,8H2,1-4H3/b26-14-. The second kappa shape index (κ2) is 8.78. The molecule has 2 aromatic carbocycles. The van der Waals surface area contributed by atoms with E-state index in [0.29, 0.717) is 28.8 Å². The van der Waals surface area contributed by atoms with Gasteiger partial charge in [0.2, 0.25) is 6.43 Å². The fourth-order valence-corrected chi connectivity index (χ4v) is 3.14. The average Bonchev–Trinajstić information content (AvgIpc) is 2.60. The van der Waals surface area contributed by atoms with Gasteiger partial charge in [0, 0.05) is 25.5 Å². The van der Waals surface area contributed by atoms with Crippen molar-refractivity contribution in [2.45, 2.75) is 32.2 Å². The third-order valence-electron chi connectivity index (χ3n) is 4.62. The van der Waals surface area contributed by atoms with Gasteiger partial charge in [0.1, 0.15) is 5.82 Å². The van der Waals surface area contributed by atoms with Gasteiger partial charge in [0.25, 0.3) is 0 Å². The van der Waals surface area contributed by atoms with E-state index in [0.717, 1.165) is 6.07 Å². The number of benzene rings is 2. The second-order valence-electron chi connectivity index (χ2n) is 6.83. The molecule has 0 amide bonds. The maximum atomic E-state index is 14.1. The molecule has 2 aromatic rings. The Morgan fingerprint density at radius 2 is 1.89 bits per heavy atom. The first-order chi connectivity index (χ1) is 13.1. The lowest BCUT2D eigenvalue weighted by Crippen LogP contribution is -2.32. The molecule has 0 aromatic heterocycles. The van der Waals surface area contributed by atoms with Gasteiger partial charge in [-0.15, -0.1) is 0 Å². The molecule has 3 nitrogen and oxygen atoms in total. The first-order valence-electron chi connectivity index (χ1n) is 8.64. The third kappa shape index (κ3) is 4.73. The summed E-state index contributed by atoms with van der Waals surface area (Å²) in [7, 11) is 3.54. The van der Waals surface area contributed by atoms with Crippen molar-refractivity contribution >= 4 is 23.7 Å². The van der Waals surface area contributed by atoms with Crippen molar-refractivity contribution in [1.29, 1.82) is 0 Å². The molecule has 2 rings (SSSR count). The summed E-state index contributed by atoms with van der Waals surface area (Å²) < 4.78 is 39.6. The normalized spacial score (nSPS) is 14.1. The highest BCUT2D eigenvalue weighted by Crippen LogP contribution is 2.35. The van der Waals surface area contributed by atoms with Crippen molar-refractivity contribution in [3.05, 3.63) is 69.5 Å². The van der Waals surface area contributed by atoms with Gasteiger partial charge in [0.05, 0.1) is 5.84 Å². The number of amidine groups is 1. The Balaban J connectivity index is 2.76. The molecule has 0 spiro atoms. The summed E-state index contributed by atoms with van der Waals surface area (Å²) >= 11 is 6.02. The molecule has 1 atom stereocenters. The minimum atomic E-state index is -2.48. The van der Waals surface area contributed by atoms with Gasteiger partial charge in [-0.25, -0.2) is 18.2 Å². The summed E-state index contributed by atoms with van der Waals surface area (Å²) in [4.78, 5) is 18.7. The number of carbonyl (C=O) groups is 1. The monoisotopic (exact) mass is 410 g/mol. The molecule has 7 heteroatoms. The summed E-state index contributed by atoms with van der Waals surface area (Å²) in [5.41, 5.74) is 0.220. The van der Waals surface area contributed by atoms with E-state index in [1.54, 1.807) is 51.0 Å². The van der Waals surface area contributed by atoms with Crippen molar-refractivity contribution in [2.75, 3.05) is 14.1 Å². The largest absolute Gasteiger partial charge is 0.367 e. The summed E-state index contributed by atoms with van der Waals surface area (Å²) in [5, 5.41) is 0.130. The van der Waals surface area contributed by atoms with Crippen molar-refractivity contribution in [1.82, 2.24) is 4.90 Å². The Bertz CT molecular complexity index is 879. The first-order valence-corrected chi connectivity index (χ1v) is 9.01. The molecule has 0 saturated heterocycles. The van der Waals surface area contributed by atoms with Crippen LogP contribution in [0.3, 0.4) is 0 Å².